The second kappa shape index (κ2) is 9.20. The number of aromatic nitrogens is 5. The molecule has 0 bridgehead atoms. The first-order chi connectivity index (χ1) is 16.1. The minimum Gasteiger partial charge on any atom is -0.407 e. The van der Waals surface area contributed by atoms with Crippen LogP contribution in [-0.4, -0.2) is 50.0 Å². The van der Waals surface area contributed by atoms with E-state index in [1.165, 1.54) is 6.20 Å². The number of aromatic amines is 1. The van der Waals surface area contributed by atoms with Crippen LogP contribution in [0.5, 0.6) is 5.75 Å². The Morgan fingerprint density at radius 3 is 3.09 bits per heavy atom. The number of hydrogen-bond donors (Lipinski definition) is 3. The van der Waals surface area contributed by atoms with Gasteiger partial charge < -0.3 is 20.4 Å². The summed E-state index contributed by atoms with van der Waals surface area (Å²) in [6, 6.07) is 3.93. The first kappa shape index (κ1) is 21.4. The molecule has 4 aromatic heterocycles. The van der Waals surface area contributed by atoms with Crippen molar-refractivity contribution in [3.63, 3.8) is 0 Å². The second-order valence-electron chi connectivity index (χ2n) is 7.98. The molecule has 0 saturated carbocycles. The number of hydrogen-bond acceptors (Lipinski definition) is 7. The largest absolute Gasteiger partial charge is 0.417 e. The summed E-state index contributed by atoms with van der Waals surface area (Å²) in [6.45, 7) is 2.15. The van der Waals surface area contributed by atoms with E-state index in [0.717, 1.165) is 47.0 Å². The minimum atomic E-state index is -0.613. The predicted molar refractivity (Wildman–Crippen MR) is 128 cm³/mol. The Kier molecular flexibility index (Phi) is 5.97. The zero-order valence-electron chi connectivity index (χ0n) is 17.7. The van der Waals surface area contributed by atoms with Gasteiger partial charge in [-0.05, 0) is 40.4 Å². The van der Waals surface area contributed by atoms with Crippen LogP contribution in [0.15, 0.2) is 53.8 Å². The van der Waals surface area contributed by atoms with E-state index in [1.54, 1.807) is 35.7 Å². The maximum Gasteiger partial charge on any atom is 0.417 e. The topological polar surface area (TPSA) is 127 Å². The lowest BCUT2D eigenvalue weighted by Crippen LogP contribution is -2.43. The van der Waals surface area contributed by atoms with Gasteiger partial charge in [-0.3, -0.25) is 15.0 Å². The van der Waals surface area contributed by atoms with Gasteiger partial charge in [0.2, 0.25) is 0 Å². The molecule has 1 fully saturated rings. The van der Waals surface area contributed by atoms with Gasteiger partial charge in [0.15, 0.2) is 5.75 Å². The Bertz CT molecular complexity index is 1270. The SMILES string of the molecule is N[C@@H]1CCCN(c2c(Br)cnc3[nH]cc(NC(=O)Oc4cnn(Cc5cccnc5)c4)c23)C1. The number of anilines is 2. The van der Waals surface area contributed by atoms with Crippen molar-refractivity contribution in [2.45, 2.75) is 25.4 Å². The fraction of sp³-hybridized carbons (Fsp3) is 0.273. The van der Waals surface area contributed by atoms with Gasteiger partial charge in [0.05, 0.1) is 40.2 Å². The van der Waals surface area contributed by atoms with E-state index in [1.807, 2.05) is 12.1 Å². The smallest absolute Gasteiger partial charge is 0.407 e. The van der Waals surface area contributed by atoms with Gasteiger partial charge in [0.1, 0.15) is 5.65 Å². The molecule has 1 atom stereocenters. The summed E-state index contributed by atoms with van der Waals surface area (Å²) in [4.78, 5) is 26.5. The molecule has 4 N–H and O–H groups in total. The third kappa shape index (κ3) is 4.69. The van der Waals surface area contributed by atoms with Crippen molar-refractivity contribution >= 4 is 44.4 Å². The molecule has 0 aromatic carbocycles. The molecule has 10 nitrogen and oxygen atoms in total. The highest BCUT2D eigenvalue weighted by atomic mass is 79.9. The van der Waals surface area contributed by atoms with E-state index >= 15 is 0 Å². The Morgan fingerprint density at radius 2 is 2.27 bits per heavy atom. The van der Waals surface area contributed by atoms with E-state index in [0.29, 0.717) is 23.6 Å². The summed E-state index contributed by atoms with van der Waals surface area (Å²) in [5, 5.41) is 7.89. The van der Waals surface area contributed by atoms with Crippen LogP contribution in [0.1, 0.15) is 18.4 Å². The number of amides is 1. The molecule has 11 heteroatoms. The summed E-state index contributed by atoms with van der Waals surface area (Å²) in [7, 11) is 0. The molecule has 5 heterocycles. The van der Waals surface area contributed by atoms with Crippen molar-refractivity contribution in [1.29, 1.82) is 0 Å². The highest BCUT2D eigenvalue weighted by Gasteiger charge is 2.24. The lowest BCUT2D eigenvalue weighted by atomic mass is 10.1. The first-order valence-electron chi connectivity index (χ1n) is 10.6. The molecule has 1 aliphatic rings. The highest BCUT2D eigenvalue weighted by Crippen LogP contribution is 2.38. The number of H-pyrrole nitrogens is 1. The Hall–Kier alpha value is -3.44. The van der Waals surface area contributed by atoms with Gasteiger partial charge in [-0.1, -0.05) is 6.07 Å². The van der Waals surface area contributed by atoms with Crippen LogP contribution in [0.25, 0.3) is 11.0 Å². The second-order valence-corrected chi connectivity index (χ2v) is 8.83. The Labute approximate surface area is 198 Å². The molecule has 1 saturated heterocycles. The summed E-state index contributed by atoms with van der Waals surface area (Å²) < 4.78 is 7.99. The molecule has 170 valence electrons. The van der Waals surface area contributed by atoms with E-state index in [4.69, 9.17) is 10.5 Å². The number of carbonyl (C=O) groups is 1. The molecular weight excluding hydrogens is 488 g/mol. The quantitative estimate of drug-likeness (QED) is 0.374. The van der Waals surface area contributed by atoms with Gasteiger partial charge in [-0.2, -0.15) is 5.10 Å². The average molecular weight is 511 g/mol. The van der Waals surface area contributed by atoms with Crippen molar-refractivity contribution in [2.24, 2.45) is 5.73 Å². The molecule has 5 rings (SSSR count). The number of halogens is 1. The number of fused-ring (bicyclic) bond motifs is 1. The van der Waals surface area contributed by atoms with Crippen LogP contribution < -0.4 is 20.7 Å². The lowest BCUT2D eigenvalue weighted by molar-refractivity contribution is 0.215. The molecule has 0 radical (unpaired) electrons. The van der Waals surface area contributed by atoms with Gasteiger partial charge in [-0.15, -0.1) is 0 Å². The van der Waals surface area contributed by atoms with Crippen LogP contribution in [-0.2, 0) is 6.54 Å². The first-order valence-corrected chi connectivity index (χ1v) is 11.4. The number of carbonyl (C=O) groups excluding carboxylic acids is 1. The molecule has 1 amide bonds. The van der Waals surface area contributed by atoms with Crippen molar-refractivity contribution in [1.82, 2.24) is 24.7 Å². The summed E-state index contributed by atoms with van der Waals surface area (Å²) >= 11 is 3.62. The summed E-state index contributed by atoms with van der Waals surface area (Å²) in [5.74, 6) is 0.345. The zero-order chi connectivity index (χ0) is 22.8. The predicted octanol–water partition coefficient (Wildman–Crippen LogP) is 3.50. The fourth-order valence-electron chi connectivity index (χ4n) is 4.08. The third-order valence-electron chi connectivity index (χ3n) is 5.53. The minimum absolute atomic E-state index is 0.109. The van der Waals surface area contributed by atoms with Crippen molar-refractivity contribution in [2.75, 3.05) is 23.3 Å². The maximum absolute atomic E-state index is 12.7. The Balaban J connectivity index is 1.33. The van der Waals surface area contributed by atoms with Crippen LogP contribution in [0, 0.1) is 0 Å². The maximum atomic E-state index is 12.7. The van der Waals surface area contributed by atoms with Crippen LogP contribution in [0.4, 0.5) is 16.2 Å². The average Bonchev–Trinajstić information content (AvgIpc) is 3.41. The standard InChI is InChI=1S/C22H23BrN8O2/c23-17-9-26-21-19(20(17)30-6-2-4-15(24)12-30)18(10-27-21)29-22(32)33-16-8-28-31(13-16)11-14-3-1-5-25-7-14/h1,3,5,7-10,13,15H,2,4,6,11-12,24H2,(H,26,27)(H,29,32)/t15-/m1/s1. The molecule has 0 spiro atoms. The van der Waals surface area contributed by atoms with Gasteiger partial charge in [0.25, 0.3) is 0 Å². The highest BCUT2D eigenvalue weighted by molar-refractivity contribution is 9.10. The van der Waals surface area contributed by atoms with Gasteiger partial charge in [0, 0.05) is 43.9 Å². The van der Waals surface area contributed by atoms with Crippen molar-refractivity contribution in [3.05, 3.63) is 59.3 Å². The normalized spacial score (nSPS) is 16.2. The van der Waals surface area contributed by atoms with Gasteiger partial charge >= 0.3 is 6.09 Å². The lowest BCUT2D eigenvalue weighted by Gasteiger charge is -2.33. The molecule has 0 aliphatic carbocycles. The Morgan fingerprint density at radius 1 is 1.36 bits per heavy atom. The number of pyridine rings is 2. The fourth-order valence-corrected chi connectivity index (χ4v) is 4.63. The number of ether oxygens (including phenoxy) is 1. The third-order valence-corrected chi connectivity index (χ3v) is 6.11. The van der Waals surface area contributed by atoms with Crippen molar-refractivity contribution in [3.8, 4) is 5.75 Å². The molecule has 1 aliphatic heterocycles. The van der Waals surface area contributed by atoms with E-state index in [2.05, 4.69) is 46.2 Å². The number of rotatable bonds is 5. The van der Waals surface area contributed by atoms with E-state index in [9.17, 15) is 4.79 Å². The molecule has 0 unspecified atom stereocenters. The number of nitrogens with one attached hydrogen (secondary N) is 2. The monoisotopic (exact) mass is 510 g/mol. The summed E-state index contributed by atoms with van der Waals surface area (Å²) in [5.41, 5.74) is 9.42. The number of nitrogens with two attached hydrogens (primary N) is 1. The molecular formula is C22H23BrN8O2. The number of piperidine rings is 1. The zero-order valence-corrected chi connectivity index (χ0v) is 19.3. The van der Waals surface area contributed by atoms with Crippen LogP contribution in [0.2, 0.25) is 0 Å². The van der Waals surface area contributed by atoms with E-state index < -0.39 is 6.09 Å². The van der Waals surface area contributed by atoms with Gasteiger partial charge in [-0.25, -0.2) is 9.78 Å². The summed E-state index contributed by atoms with van der Waals surface area (Å²) in [6.07, 6.45) is 11.5. The van der Waals surface area contributed by atoms with Crippen LogP contribution >= 0.6 is 15.9 Å². The van der Waals surface area contributed by atoms with Crippen molar-refractivity contribution < 1.29 is 9.53 Å². The molecule has 33 heavy (non-hydrogen) atoms. The van der Waals surface area contributed by atoms with Crippen LogP contribution in [0.3, 0.4) is 0 Å². The van der Waals surface area contributed by atoms with E-state index in [-0.39, 0.29) is 6.04 Å². The molecule has 4 aromatic rings. The number of nitrogens with zero attached hydrogens (tertiary/aromatic N) is 5.